The molecular formula is C4H9NO2S. The third-order valence-electron chi connectivity index (χ3n) is 0.997. The molecule has 1 aliphatic rings. The summed E-state index contributed by atoms with van der Waals surface area (Å²) in [5.41, 5.74) is 0. The van der Waals surface area contributed by atoms with Crippen molar-refractivity contribution in [2.24, 2.45) is 0 Å². The molecule has 0 aromatic carbocycles. The number of hydrogen-bond acceptors (Lipinski definition) is 3. The molecule has 0 amide bonds. The van der Waals surface area contributed by atoms with Gasteiger partial charge in [0.15, 0.2) is 0 Å². The van der Waals surface area contributed by atoms with Gasteiger partial charge < -0.3 is 5.32 Å². The lowest BCUT2D eigenvalue weighted by atomic mass is 10.6. The van der Waals surface area contributed by atoms with Crippen molar-refractivity contribution in [3.8, 4) is 0 Å². The molecule has 1 aliphatic heterocycles. The largest absolute Gasteiger partial charge is 0.310 e. The number of hydrogen-bond donors (Lipinski definition) is 1. The van der Waals surface area contributed by atoms with Crippen molar-refractivity contribution in [2.75, 3.05) is 18.6 Å². The number of sulfone groups is 1. The average Bonchev–Trinajstić information content (AvgIpc) is 2.12. The summed E-state index contributed by atoms with van der Waals surface area (Å²) in [6.07, 6.45) is 1.26. The van der Waals surface area contributed by atoms with Crippen LogP contribution in [0.3, 0.4) is 0 Å². The quantitative estimate of drug-likeness (QED) is 0.494. The molecule has 4 heteroatoms. The first kappa shape index (κ1) is 6.04. The second-order valence-electron chi connectivity index (χ2n) is 2.20. The minimum atomic E-state index is -2.72. The lowest BCUT2D eigenvalue weighted by molar-refractivity contribution is 0.601. The van der Waals surface area contributed by atoms with Crippen molar-refractivity contribution < 1.29 is 8.42 Å². The summed E-state index contributed by atoms with van der Waals surface area (Å²) in [7, 11) is -2.72. The van der Waals surface area contributed by atoms with Crippen LogP contribution in [0, 0.1) is 0 Å². The van der Waals surface area contributed by atoms with E-state index in [1.54, 1.807) is 0 Å². The van der Waals surface area contributed by atoms with Gasteiger partial charge in [0.25, 0.3) is 0 Å². The van der Waals surface area contributed by atoms with Gasteiger partial charge in [0, 0.05) is 18.8 Å². The van der Waals surface area contributed by atoms with Gasteiger partial charge in [-0.2, -0.15) is 0 Å². The van der Waals surface area contributed by atoms with E-state index in [-0.39, 0.29) is 6.04 Å². The van der Waals surface area contributed by atoms with Crippen molar-refractivity contribution in [3.05, 3.63) is 0 Å². The molecule has 0 aliphatic carbocycles. The van der Waals surface area contributed by atoms with Crippen molar-refractivity contribution in [2.45, 2.75) is 6.04 Å². The van der Waals surface area contributed by atoms with Crippen LogP contribution >= 0.6 is 0 Å². The molecular weight excluding hydrogens is 126 g/mol. The zero-order chi connectivity index (χ0) is 6.20. The minimum Gasteiger partial charge on any atom is -0.310 e. The molecule has 0 saturated carbocycles. The van der Waals surface area contributed by atoms with Crippen molar-refractivity contribution in [1.29, 1.82) is 0 Å². The molecule has 0 radical (unpaired) electrons. The molecule has 3 nitrogen and oxygen atoms in total. The lowest BCUT2D eigenvalue weighted by Gasteiger charge is -1.88. The van der Waals surface area contributed by atoms with E-state index in [1.165, 1.54) is 6.26 Å². The normalized spacial score (nSPS) is 27.9. The molecule has 0 bridgehead atoms. The first-order chi connectivity index (χ1) is 3.58. The highest BCUT2D eigenvalue weighted by molar-refractivity contribution is 7.90. The van der Waals surface area contributed by atoms with E-state index < -0.39 is 9.84 Å². The van der Waals surface area contributed by atoms with Gasteiger partial charge in [-0.3, -0.25) is 0 Å². The summed E-state index contributed by atoms with van der Waals surface area (Å²) in [6, 6.07) is 0.255. The van der Waals surface area contributed by atoms with E-state index in [2.05, 4.69) is 5.32 Å². The third kappa shape index (κ3) is 2.28. The molecule has 0 spiro atoms. The second-order valence-corrected chi connectivity index (χ2v) is 4.38. The van der Waals surface area contributed by atoms with E-state index in [4.69, 9.17) is 0 Å². The van der Waals surface area contributed by atoms with E-state index in [1.807, 2.05) is 0 Å². The molecule has 48 valence electrons. The Hall–Kier alpha value is -0.0900. The molecule has 1 unspecified atom stereocenters. The summed E-state index contributed by atoms with van der Waals surface area (Å²) in [6.45, 7) is 0.868. The number of rotatable bonds is 2. The Bertz CT molecular complexity index is 168. The van der Waals surface area contributed by atoms with Crippen LogP contribution < -0.4 is 5.32 Å². The average molecular weight is 135 g/mol. The summed E-state index contributed by atoms with van der Waals surface area (Å²) in [5, 5.41) is 2.91. The molecule has 1 rings (SSSR count). The van der Waals surface area contributed by atoms with Crippen LogP contribution in [0.25, 0.3) is 0 Å². The SMILES string of the molecule is CS(=O)(=O)CC1CN1. The Balaban J connectivity index is 2.38. The van der Waals surface area contributed by atoms with Gasteiger partial charge in [0.1, 0.15) is 9.84 Å². The highest BCUT2D eigenvalue weighted by Gasteiger charge is 2.24. The Labute approximate surface area is 49.0 Å². The van der Waals surface area contributed by atoms with Crippen LogP contribution in [0.5, 0.6) is 0 Å². The monoisotopic (exact) mass is 135 g/mol. The molecule has 8 heavy (non-hydrogen) atoms. The fraction of sp³-hybridized carbons (Fsp3) is 1.00. The summed E-state index contributed by atoms with van der Waals surface area (Å²) < 4.78 is 20.9. The highest BCUT2D eigenvalue weighted by Crippen LogP contribution is 1.99. The van der Waals surface area contributed by atoms with Crippen molar-refractivity contribution in [3.63, 3.8) is 0 Å². The third-order valence-corrected chi connectivity index (χ3v) is 2.00. The molecule has 1 heterocycles. The molecule has 1 saturated heterocycles. The van der Waals surface area contributed by atoms with Gasteiger partial charge in [-0.15, -0.1) is 0 Å². The van der Waals surface area contributed by atoms with Gasteiger partial charge in [0.2, 0.25) is 0 Å². The maximum atomic E-state index is 10.4. The summed E-state index contributed by atoms with van der Waals surface area (Å²) in [5.74, 6) is 0.299. The molecule has 0 aromatic rings. The number of nitrogens with one attached hydrogen (secondary N) is 1. The second kappa shape index (κ2) is 1.70. The van der Waals surface area contributed by atoms with E-state index in [0.29, 0.717) is 5.75 Å². The van der Waals surface area contributed by atoms with Crippen LogP contribution in [-0.2, 0) is 9.84 Å². The predicted octanol–water partition coefficient (Wildman–Crippen LogP) is -0.997. The van der Waals surface area contributed by atoms with Crippen LogP contribution in [0.2, 0.25) is 0 Å². The Morgan fingerprint density at radius 1 is 1.75 bits per heavy atom. The van der Waals surface area contributed by atoms with Gasteiger partial charge >= 0.3 is 0 Å². The van der Waals surface area contributed by atoms with Crippen molar-refractivity contribution in [1.82, 2.24) is 5.32 Å². The Morgan fingerprint density at radius 2 is 2.25 bits per heavy atom. The van der Waals surface area contributed by atoms with Gasteiger partial charge in [-0.25, -0.2) is 8.42 Å². The topological polar surface area (TPSA) is 56.1 Å². The summed E-state index contributed by atoms with van der Waals surface area (Å²) >= 11 is 0. The fourth-order valence-electron chi connectivity index (χ4n) is 0.567. The minimum absolute atomic E-state index is 0.255. The lowest BCUT2D eigenvalue weighted by Crippen LogP contribution is -2.10. The van der Waals surface area contributed by atoms with Crippen LogP contribution in [-0.4, -0.2) is 33.0 Å². The zero-order valence-corrected chi connectivity index (χ0v) is 5.53. The van der Waals surface area contributed by atoms with Crippen molar-refractivity contribution >= 4 is 9.84 Å². The van der Waals surface area contributed by atoms with Gasteiger partial charge in [0.05, 0.1) is 5.75 Å². The van der Waals surface area contributed by atoms with E-state index in [0.717, 1.165) is 6.54 Å². The standard InChI is InChI=1S/C4H9NO2S/c1-8(6,7)3-4-2-5-4/h4-5H,2-3H2,1H3. The molecule has 1 atom stereocenters. The van der Waals surface area contributed by atoms with Gasteiger partial charge in [-0.05, 0) is 0 Å². The van der Waals surface area contributed by atoms with Gasteiger partial charge in [-0.1, -0.05) is 0 Å². The molecule has 1 N–H and O–H groups in total. The maximum Gasteiger partial charge on any atom is 0.149 e. The van der Waals surface area contributed by atoms with Crippen LogP contribution in [0.4, 0.5) is 0 Å². The van der Waals surface area contributed by atoms with Crippen LogP contribution in [0.15, 0.2) is 0 Å². The van der Waals surface area contributed by atoms with Crippen LogP contribution in [0.1, 0.15) is 0 Å². The fourth-order valence-corrected chi connectivity index (χ4v) is 1.53. The van der Waals surface area contributed by atoms with E-state index in [9.17, 15) is 8.42 Å². The Morgan fingerprint density at radius 3 is 2.38 bits per heavy atom. The highest BCUT2D eigenvalue weighted by atomic mass is 32.2. The first-order valence-corrected chi connectivity index (χ1v) is 4.55. The summed E-state index contributed by atoms with van der Waals surface area (Å²) in [4.78, 5) is 0. The Kier molecular flexibility index (Phi) is 1.28. The zero-order valence-electron chi connectivity index (χ0n) is 4.72. The first-order valence-electron chi connectivity index (χ1n) is 2.49. The molecule has 0 aromatic heterocycles. The molecule has 1 fully saturated rings. The maximum absolute atomic E-state index is 10.4. The predicted molar refractivity (Wildman–Crippen MR) is 31.5 cm³/mol. The smallest absolute Gasteiger partial charge is 0.149 e. The van der Waals surface area contributed by atoms with E-state index >= 15 is 0 Å².